The standard InChI is InChI=1S/C12H12N4O2/c1-7-8(2)15-16-12(13-7)14-11(18)9-5-3-4-6-10(9)17/h3-6,17H,1-2H3,(H,13,14,16,18). The van der Waals surface area contributed by atoms with Crippen LogP contribution in [0.1, 0.15) is 21.7 Å². The van der Waals surface area contributed by atoms with Gasteiger partial charge in [-0.05, 0) is 26.0 Å². The summed E-state index contributed by atoms with van der Waals surface area (Å²) in [5.41, 5.74) is 1.56. The van der Waals surface area contributed by atoms with Crippen LogP contribution in [-0.4, -0.2) is 26.2 Å². The molecule has 6 heteroatoms. The summed E-state index contributed by atoms with van der Waals surface area (Å²) in [4.78, 5) is 15.9. The average molecular weight is 244 g/mol. The van der Waals surface area contributed by atoms with Gasteiger partial charge in [0.1, 0.15) is 5.75 Å². The minimum atomic E-state index is -0.474. The van der Waals surface area contributed by atoms with Gasteiger partial charge in [0.15, 0.2) is 0 Å². The Hall–Kier alpha value is -2.50. The van der Waals surface area contributed by atoms with Gasteiger partial charge in [0.2, 0.25) is 5.95 Å². The number of nitrogens with zero attached hydrogens (tertiary/aromatic N) is 3. The molecule has 2 rings (SSSR count). The maximum absolute atomic E-state index is 11.9. The largest absolute Gasteiger partial charge is 0.507 e. The van der Waals surface area contributed by atoms with E-state index in [0.717, 1.165) is 0 Å². The van der Waals surface area contributed by atoms with Gasteiger partial charge in [0.25, 0.3) is 5.91 Å². The number of hydrogen-bond donors (Lipinski definition) is 2. The SMILES string of the molecule is Cc1nnc(NC(=O)c2ccccc2O)nc1C. The van der Waals surface area contributed by atoms with Crippen LogP contribution in [0.4, 0.5) is 5.95 Å². The first kappa shape index (κ1) is 12.0. The predicted octanol–water partition coefficient (Wildman–Crippen LogP) is 1.45. The van der Waals surface area contributed by atoms with E-state index in [2.05, 4.69) is 20.5 Å². The van der Waals surface area contributed by atoms with Gasteiger partial charge in [-0.1, -0.05) is 12.1 Å². The van der Waals surface area contributed by atoms with E-state index in [1.165, 1.54) is 12.1 Å². The highest BCUT2D eigenvalue weighted by molar-refractivity contribution is 6.05. The van der Waals surface area contributed by atoms with Gasteiger partial charge < -0.3 is 5.11 Å². The molecule has 0 aliphatic rings. The molecule has 6 nitrogen and oxygen atoms in total. The minimum Gasteiger partial charge on any atom is -0.507 e. The Morgan fingerprint density at radius 3 is 2.56 bits per heavy atom. The average Bonchev–Trinajstić information content (AvgIpc) is 2.34. The summed E-state index contributed by atoms with van der Waals surface area (Å²) in [7, 11) is 0. The second kappa shape index (κ2) is 4.79. The molecular formula is C12H12N4O2. The van der Waals surface area contributed by atoms with Crippen LogP contribution >= 0.6 is 0 Å². The normalized spacial score (nSPS) is 10.1. The number of benzene rings is 1. The zero-order valence-electron chi connectivity index (χ0n) is 10.0. The van der Waals surface area contributed by atoms with Crippen LogP contribution in [0.2, 0.25) is 0 Å². The Morgan fingerprint density at radius 2 is 1.89 bits per heavy atom. The van der Waals surface area contributed by atoms with Crippen LogP contribution in [0.3, 0.4) is 0 Å². The molecule has 1 aromatic heterocycles. The van der Waals surface area contributed by atoms with Crippen LogP contribution in [0, 0.1) is 13.8 Å². The molecular weight excluding hydrogens is 232 g/mol. The topological polar surface area (TPSA) is 88.0 Å². The number of hydrogen-bond acceptors (Lipinski definition) is 5. The number of aromatic hydroxyl groups is 1. The van der Waals surface area contributed by atoms with E-state index in [1.54, 1.807) is 26.0 Å². The van der Waals surface area contributed by atoms with Gasteiger partial charge >= 0.3 is 0 Å². The van der Waals surface area contributed by atoms with Crippen LogP contribution in [0.25, 0.3) is 0 Å². The van der Waals surface area contributed by atoms with E-state index in [1.807, 2.05) is 0 Å². The van der Waals surface area contributed by atoms with Crippen molar-refractivity contribution >= 4 is 11.9 Å². The third-order valence-electron chi connectivity index (χ3n) is 2.47. The molecule has 0 bridgehead atoms. The lowest BCUT2D eigenvalue weighted by Crippen LogP contribution is -2.15. The first-order valence-corrected chi connectivity index (χ1v) is 5.35. The lowest BCUT2D eigenvalue weighted by Gasteiger charge is -2.05. The minimum absolute atomic E-state index is 0.0909. The van der Waals surface area contributed by atoms with Gasteiger partial charge in [0, 0.05) is 0 Å². The van der Waals surface area contributed by atoms with E-state index in [-0.39, 0.29) is 17.3 Å². The van der Waals surface area contributed by atoms with Crippen LogP contribution < -0.4 is 5.32 Å². The third kappa shape index (κ3) is 2.42. The Labute approximate surface area is 104 Å². The van der Waals surface area contributed by atoms with E-state index in [4.69, 9.17) is 0 Å². The van der Waals surface area contributed by atoms with Crippen LogP contribution in [0.5, 0.6) is 5.75 Å². The Bertz CT molecular complexity index is 598. The molecule has 1 heterocycles. The summed E-state index contributed by atoms with van der Waals surface area (Å²) >= 11 is 0. The molecule has 0 unspecified atom stereocenters. The molecule has 0 fully saturated rings. The van der Waals surface area contributed by atoms with Crippen molar-refractivity contribution < 1.29 is 9.90 Å². The number of nitrogens with one attached hydrogen (secondary N) is 1. The zero-order valence-corrected chi connectivity index (χ0v) is 10.0. The number of phenolic OH excluding ortho intramolecular Hbond substituents is 1. The number of carbonyl (C=O) groups excluding carboxylic acids is 1. The number of para-hydroxylation sites is 1. The fraction of sp³-hybridized carbons (Fsp3) is 0.167. The number of aryl methyl sites for hydroxylation is 2. The highest BCUT2D eigenvalue weighted by Crippen LogP contribution is 2.16. The van der Waals surface area contributed by atoms with Gasteiger partial charge in [-0.2, -0.15) is 5.10 Å². The first-order valence-electron chi connectivity index (χ1n) is 5.35. The quantitative estimate of drug-likeness (QED) is 0.834. The van der Waals surface area contributed by atoms with Crippen molar-refractivity contribution in [2.24, 2.45) is 0 Å². The van der Waals surface area contributed by atoms with E-state index in [0.29, 0.717) is 11.4 Å². The summed E-state index contributed by atoms with van der Waals surface area (Å²) in [5, 5.41) is 19.6. The second-order valence-electron chi connectivity index (χ2n) is 3.78. The number of anilines is 1. The first-order chi connectivity index (χ1) is 8.58. The molecule has 0 saturated carbocycles. The number of amides is 1. The van der Waals surface area contributed by atoms with Crippen molar-refractivity contribution in [2.75, 3.05) is 5.32 Å². The molecule has 0 aliphatic carbocycles. The molecule has 1 aromatic carbocycles. The van der Waals surface area contributed by atoms with Gasteiger partial charge in [-0.3, -0.25) is 10.1 Å². The molecule has 2 aromatic rings. The molecule has 0 radical (unpaired) electrons. The number of carbonyl (C=O) groups is 1. The summed E-state index contributed by atoms with van der Waals surface area (Å²) in [5.74, 6) is -0.448. The summed E-state index contributed by atoms with van der Waals surface area (Å²) in [6, 6.07) is 6.25. The molecule has 18 heavy (non-hydrogen) atoms. The van der Waals surface area contributed by atoms with Crippen molar-refractivity contribution in [3.8, 4) is 5.75 Å². The maximum atomic E-state index is 11.9. The van der Waals surface area contributed by atoms with Gasteiger partial charge in [-0.15, -0.1) is 5.10 Å². The van der Waals surface area contributed by atoms with Crippen molar-refractivity contribution in [2.45, 2.75) is 13.8 Å². The summed E-state index contributed by atoms with van der Waals surface area (Å²) in [6.45, 7) is 3.56. The molecule has 92 valence electrons. The molecule has 2 N–H and O–H groups in total. The highest BCUT2D eigenvalue weighted by Gasteiger charge is 2.12. The predicted molar refractivity (Wildman–Crippen MR) is 65.4 cm³/mol. The van der Waals surface area contributed by atoms with E-state index < -0.39 is 5.91 Å². The molecule has 0 spiro atoms. The third-order valence-corrected chi connectivity index (χ3v) is 2.47. The van der Waals surface area contributed by atoms with Crippen molar-refractivity contribution in [1.82, 2.24) is 15.2 Å². The fourth-order valence-corrected chi connectivity index (χ4v) is 1.34. The molecule has 0 aliphatic heterocycles. The van der Waals surface area contributed by atoms with E-state index in [9.17, 15) is 9.90 Å². The maximum Gasteiger partial charge on any atom is 0.261 e. The molecule has 0 saturated heterocycles. The summed E-state index contributed by atoms with van der Waals surface area (Å²) in [6.07, 6.45) is 0. The fourth-order valence-electron chi connectivity index (χ4n) is 1.34. The number of aromatic nitrogens is 3. The lowest BCUT2D eigenvalue weighted by atomic mass is 10.2. The molecule has 1 amide bonds. The van der Waals surface area contributed by atoms with Gasteiger partial charge in [-0.25, -0.2) is 4.98 Å². The van der Waals surface area contributed by atoms with Crippen LogP contribution in [0.15, 0.2) is 24.3 Å². The lowest BCUT2D eigenvalue weighted by molar-refractivity contribution is 0.102. The molecule has 0 atom stereocenters. The summed E-state index contributed by atoms with van der Waals surface area (Å²) < 4.78 is 0. The Balaban J connectivity index is 2.22. The Kier molecular flexibility index (Phi) is 3.18. The second-order valence-corrected chi connectivity index (χ2v) is 3.78. The Morgan fingerprint density at radius 1 is 1.17 bits per heavy atom. The van der Waals surface area contributed by atoms with Crippen molar-refractivity contribution in [1.29, 1.82) is 0 Å². The zero-order chi connectivity index (χ0) is 13.1. The van der Waals surface area contributed by atoms with Crippen LogP contribution in [-0.2, 0) is 0 Å². The number of phenols is 1. The monoisotopic (exact) mass is 244 g/mol. The smallest absolute Gasteiger partial charge is 0.261 e. The van der Waals surface area contributed by atoms with E-state index >= 15 is 0 Å². The number of rotatable bonds is 2. The van der Waals surface area contributed by atoms with Gasteiger partial charge in [0.05, 0.1) is 17.0 Å². The highest BCUT2D eigenvalue weighted by atomic mass is 16.3. The van der Waals surface area contributed by atoms with Crippen molar-refractivity contribution in [3.63, 3.8) is 0 Å². The van der Waals surface area contributed by atoms with Crippen molar-refractivity contribution in [3.05, 3.63) is 41.2 Å².